The predicted octanol–water partition coefficient (Wildman–Crippen LogP) is 1.95. The van der Waals surface area contributed by atoms with Crippen LogP contribution in [0.2, 0.25) is 0 Å². The molecule has 0 atom stereocenters. The first-order chi connectivity index (χ1) is 9.53. The first-order valence-electron chi connectivity index (χ1n) is 6.43. The zero-order chi connectivity index (χ0) is 14.6. The van der Waals surface area contributed by atoms with Crippen molar-refractivity contribution >= 4 is 15.7 Å². The predicted molar refractivity (Wildman–Crippen MR) is 77.8 cm³/mol. The van der Waals surface area contributed by atoms with Gasteiger partial charge in [-0.05, 0) is 36.2 Å². The van der Waals surface area contributed by atoms with Gasteiger partial charge in [-0.25, -0.2) is 13.1 Å². The third kappa shape index (κ3) is 3.40. The van der Waals surface area contributed by atoms with Crippen LogP contribution >= 0.6 is 0 Å². The largest absolute Gasteiger partial charge is 0.469 e. The Morgan fingerprint density at radius 2 is 2.10 bits per heavy atom. The summed E-state index contributed by atoms with van der Waals surface area (Å²) in [6.07, 6.45) is 2.71. The van der Waals surface area contributed by atoms with Crippen LogP contribution < -0.4 is 10.5 Å². The van der Waals surface area contributed by atoms with Gasteiger partial charge in [0.15, 0.2) is 0 Å². The van der Waals surface area contributed by atoms with Gasteiger partial charge in [-0.3, -0.25) is 0 Å². The summed E-state index contributed by atoms with van der Waals surface area (Å²) in [6, 6.07) is 8.54. The molecule has 2 rings (SSSR count). The van der Waals surface area contributed by atoms with E-state index in [1.54, 1.807) is 24.5 Å². The number of benzene rings is 1. The van der Waals surface area contributed by atoms with Crippen LogP contribution in [0.4, 0.5) is 5.69 Å². The minimum atomic E-state index is -3.55. The van der Waals surface area contributed by atoms with Gasteiger partial charge in [0.2, 0.25) is 10.0 Å². The molecule has 0 aliphatic carbocycles. The molecule has 0 amide bonds. The first kappa shape index (κ1) is 14.6. The third-order valence-electron chi connectivity index (χ3n) is 3.01. The molecule has 0 aliphatic rings. The van der Waals surface area contributed by atoms with Gasteiger partial charge in [0.05, 0.1) is 11.2 Å². The number of nitrogen functional groups attached to an aromatic ring is 1. The molecule has 5 nitrogen and oxygen atoms in total. The number of hydrogen-bond donors (Lipinski definition) is 2. The zero-order valence-electron chi connectivity index (χ0n) is 11.3. The van der Waals surface area contributed by atoms with E-state index in [-0.39, 0.29) is 11.4 Å². The number of aryl methyl sites for hydroxylation is 1. The summed E-state index contributed by atoms with van der Waals surface area (Å²) < 4.78 is 32.3. The third-order valence-corrected chi connectivity index (χ3v) is 4.55. The molecule has 0 spiro atoms. The molecule has 0 unspecified atom stereocenters. The Hall–Kier alpha value is -1.79. The van der Waals surface area contributed by atoms with Crippen LogP contribution in [-0.4, -0.2) is 15.0 Å². The lowest BCUT2D eigenvalue weighted by molar-refractivity contribution is 0.506. The molecule has 1 aromatic heterocycles. The van der Waals surface area contributed by atoms with Crippen molar-refractivity contribution in [2.75, 3.05) is 12.3 Å². The van der Waals surface area contributed by atoms with Crippen molar-refractivity contribution in [3.8, 4) is 0 Å². The lowest BCUT2D eigenvalue weighted by Gasteiger charge is -2.11. The maximum Gasteiger partial charge on any atom is 0.240 e. The van der Waals surface area contributed by atoms with Crippen molar-refractivity contribution in [2.45, 2.75) is 24.7 Å². The summed E-state index contributed by atoms with van der Waals surface area (Å²) in [6.45, 7) is 2.20. The second-order valence-electron chi connectivity index (χ2n) is 4.45. The van der Waals surface area contributed by atoms with Crippen molar-refractivity contribution in [1.29, 1.82) is 0 Å². The standard InChI is InChI=1S/C14H18N2O3S/c1-2-11-5-6-12(15)10-14(11)20(17,18)16-8-7-13-4-3-9-19-13/h3-6,9-10,16H,2,7-8,15H2,1H3. The Balaban J connectivity index is 2.11. The van der Waals surface area contributed by atoms with E-state index < -0.39 is 10.0 Å². The second-order valence-corrected chi connectivity index (χ2v) is 6.18. The number of sulfonamides is 1. The Labute approximate surface area is 118 Å². The molecule has 1 aromatic carbocycles. The fourth-order valence-electron chi connectivity index (χ4n) is 1.95. The highest BCUT2D eigenvalue weighted by atomic mass is 32.2. The van der Waals surface area contributed by atoms with Crippen molar-refractivity contribution in [2.24, 2.45) is 0 Å². The average Bonchev–Trinajstić information content (AvgIpc) is 2.91. The lowest BCUT2D eigenvalue weighted by atomic mass is 10.1. The van der Waals surface area contributed by atoms with E-state index in [4.69, 9.17) is 10.2 Å². The summed E-state index contributed by atoms with van der Waals surface area (Å²) in [5.74, 6) is 0.746. The van der Waals surface area contributed by atoms with Crippen LogP contribution in [0.5, 0.6) is 0 Å². The fraction of sp³-hybridized carbons (Fsp3) is 0.286. The van der Waals surface area contributed by atoms with E-state index in [9.17, 15) is 8.42 Å². The Morgan fingerprint density at radius 3 is 2.75 bits per heavy atom. The molecule has 20 heavy (non-hydrogen) atoms. The van der Waals surface area contributed by atoms with Gasteiger partial charge in [0.1, 0.15) is 5.76 Å². The van der Waals surface area contributed by atoms with Crippen LogP contribution in [-0.2, 0) is 22.9 Å². The van der Waals surface area contributed by atoms with Crippen molar-refractivity contribution < 1.29 is 12.8 Å². The maximum atomic E-state index is 12.3. The number of nitrogens with one attached hydrogen (secondary N) is 1. The quantitative estimate of drug-likeness (QED) is 0.797. The van der Waals surface area contributed by atoms with Crippen molar-refractivity contribution in [3.05, 3.63) is 47.9 Å². The zero-order valence-corrected chi connectivity index (χ0v) is 12.1. The summed E-state index contributed by atoms with van der Waals surface area (Å²) in [5, 5.41) is 0. The van der Waals surface area contributed by atoms with E-state index in [1.807, 2.05) is 13.0 Å². The minimum absolute atomic E-state index is 0.249. The molecule has 6 heteroatoms. The second kappa shape index (κ2) is 6.11. The molecule has 0 radical (unpaired) electrons. The Morgan fingerprint density at radius 1 is 1.30 bits per heavy atom. The summed E-state index contributed by atoms with van der Waals surface area (Å²) in [7, 11) is -3.55. The summed E-state index contributed by atoms with van der Waals surface area (Å²) in [4.78, 5) is 0.249. The number of rotatable bonds is 6. The smallest absolute Gasteiger partial charge is 0.240 e. The van der Waals surface area contributed by atoms with E-state index in [1.165, 1.54) is 6.07 Å². The molecule has 0 fully saturated rings. The molecular weight excluding hydrogens is 276 g/mol. The van der Waals surface area contributed by atoms with Gasteiger partial charge in [-0.2, -0.15) is 0 Å². The van der Waals surface area contributed by atoms with Gasteiger partial charge >= 0.3 is 0 Å². The van der Waals surface area contributed by atoms with Gasteiger partial charge in [0, 0.05) is 18.7 Å². The molecule has 0 saturated heterocycles. The summed E-state index contributed by atoms with van der Waals surface area (Å²) >= 11 is 0. The highest BCUT2D eigenvalue weighted by molar-refractivity contribution is 7.89. The highest BCUT2D eigenvalue weighted by Gasteiger charge is 2.17. The van der Waals surface area contributed by atoms with E-state index in [0.717, 1.165) is 11.3 Å². The van der Waals surface area contributed by atoms with Crippen LogP contribution in [0.1, 0.15) is 18.2 Å². The molecule has 3 N–H and O–H groups in total. The Kier molecular flexibility index (Phi) is 4.46. The monoisotopic (exact) mass is 294 g/mol. The van der Waals surface area contributed by atoms with Crippen LogP contribution in [0, 0.1) is 0 Å². The van der Waals surface area contributed by atoms with Gasteiger partial charge < -0.3 is 10.2 Å². The SMILES string of the molecule is CCc1ccc(N)cc1S(=O)(=O)NCCc1ccco1. The van der Waals surface area contributed by atoms with Crippen molar-refractivity contribution in [1.82, 2.24) is 4.72 Å². The molecule has 1 heterocycles. The number of anilines is 1. The van der Waals surface area contributed by atoms with Crippen LogP contribution in [0.3, 0.4) is 0 Å². The van der Waals surface area contributed by atoms with Gasteiger partial charge in [0.25, 0.3) is 0 Å². The number of furan rings is 1. The molecule has 0 bridgehead atoms. The van der Waals surface area contributed by atoms with E-state index in [2.05, 4.69) is 4.72 Å². The molecule has 108 valence electrons. The molecule has 2 aromatic rings. The lowest BCUT2D eigenvalue weighted by Crippen LogP contribution is -2.27. The molecule has 0 aliphatic heterocycles. The first-order valence-corrected chi connectivity index (χ1v) is 7.91. The maximum absolute atomic E-state index is 12.3. The van der Waals surface area contributed by atoms with Gasteiger partial charge in [-0.15, -0.1) is 0 Å². The molecular formula is C14H18N2O3S. The normalized spacial score (nSPS) is 11.7. The average molecular weight is 294 g/mol. The Bertz CT molecular complexity index is 664. The van der Waals surface area contributed by atoms with Crippen LogP contribution in [0.15, 0.2) is 45.9 Å². The van der Waals surface area contributed by atoms with E-state index in [0.29, 0.717) is 18.5 Å². The van der Waals surface area contributed by atoms with Gasteiger partial charge in [-0.1, -0.05) is 13.0 Å². The molecule has 0 saturated carbocycles. The minimum Gasteiger partial charge on any atom is -0.469 e. The number of nitrogens with two attached hydrogens (primary N) is 1. The highest BCUT2D eigenvalue weighted by Crippen LogP contribution is 2.19. The van der Waals surface area contributed by atoms with Crippen LogP contribution in [0.25, 0.3) is 0 Å². The topological polar surface area (TPSA) is 85.3 Å². The summed E-state index contributed by atoms with van der Waals surface area (Å²) in [5.41, 5.74) is 6.87. The number of hydrogen-bond acceptors (Lipinski definition) is 4. The van der Waals surface area contributed by atoms with Crippen molar-refractivity contribution in [3.63, 3.8) is 0 Å². The fourth-order valence-corrected chi connectivity index (χ4v) is 3.33. The van der Waals surface area contributed by atoms with E-state index >= 15 is 0 Å².